The summed E-state index contributed by atoms with van der Waals surface area (Å²) < 4.78 is 2.08. The van der Waals surface area contributed by atoms with Crippen molar-refractivity contribution >= 4 is 16.7 Å². The average Bonchev–Trinajstić information content (AvgIpc) is 2.73. The van der Waals surface area contributed by atoms with Crippen molar-refractivity contribution in [3.63, 3.8) is 0 Å². The van der Waals surface area contributed by atoms with Crippen molar-refractivity contribution in [3.8, 4) is 5.69 Å². The molecule has 0 aliphatic carbocycles. The Morgan fingerprint density at radius 3 is 2.47 bits per heavy atom. The first-order chi connectivity index (χ1) is 9.08. The first-order valence-corrected chi connectivity index (χ1v) is 6.37. The van der Waals surface area contributed by atoms with Crippen molar-refractivity contribution in [2.24, 2.45) is 0 Å². The summed E-state index contributed by atoms with van der Waals surface area (Å²) in [4.78, 5) is 4.49. The molecule has 3 aromatic rings. The number of nitrogens with zero attached hydrogens (tertiary/aromatic N) is 2. The molecule has 96 valence electrons. The zero-order valence-electron chi connectivity index (χ0n) is 11.4. The topological polar surface area (TPSA) is 43.8 Å². The second kappa shape index (κ2) is 4.12. The Balaban J connectivity index is 2.35. The van der Waals surface area contributed by atoms with Crippen molar-refractivity contribution in [2.45, 2.75) is 20.8 Å². The highest BCUT2D eigenvalue weighted by Crippen LogP contribution is 2.27. The number of para-hydroxylation sites is 1. The SMILES string of the molecule is Cc1cc2ncn(-c3c(C)cccc3N)c2cc1C. The van der Waals surface area contributed by atoms with Crippen LogP contribution in [0.4, 0.5) is 5.69 Å². The molecule has 0 radical (unpaired) electrons. The third kappa shape index (κ3) is 1.78. The number of rotatable bonds is 1. The number of hydrogen-bond acceptors (Lipinski definition) is 2. The molecule has 3 heteroatoms. The quantitative estimate of drug-likeness (QED) is 0.672. The second-order valence-corrected chi connectivity index (χ2v) is 5.05. The number of fused-ring (bicyclic) bond motifs is 1. The molecule has 0 spiro atoms. The van der Waals surface area contributed by atoms with E-state index in [0.717, 1.165) is 28.0 Å². The number of anilines is 1. The zero-order valence-corrected chi connectivity index (χ0v) is 11.4. The van der Waals surface area contributed by atoms with Crippen molar-refractivity contribution in [2.75, 3.05) is 5.73 Å². The van der Waals surface area contributed by atoms with Gasteiger partial charge in [-0.25, -0.2) is 4.98 Å². The lowest BCUT2D eigenvalue weighted by Gasteiger charge is -2.11. The van der Waals surface area contributed by atoms with E-state index in [4.69, 9.17) is 5.73 Å². The molecule has 0 saturated heterocycles. The third-order valence-corrected chi connectivity index (χ3v) is 3.67. The molecule has 0 aliphatic rings. The molecule has 19 heavy (non-hydrogen) atoms. The van der Waals surface area contributed by atoms with E-state index >= 15 is 0 Å². The van der Waals surface area contributed by atoms with Crippen LogP contribution < -0.4 is 5.73 Å². The van der Waals surface area contributed by atoms with Gasteiger partial charge in [0.1, 0.15) is 6.33 Å². The van der Waals surface area contributed by atoms with Gasteiger partial charge in [0.05, 0.1) is 22.4 Å². The van der Waals surface area contributed by atoms with Crippen LogP contribution >= 0.6 is 0 Å². The number of nitrogens with two attached hydrogens (primary N) is 1. The van der Waals surface area contributed by atoms with Gasteiger partial charge in [-0.2, -0.15) is 0 Å². The fourth-order valence-electron chi connectivity index (χ4n) is 2.45. The van der Waals surface area contributed by atoms with Crippen molar-refractivity contribution in [3.05, 3.63) is 53.3 Å². The maximum atomic E-state index is 6.12. The molecule has 2 N–H and O–H groups in total. The molecule has 0 unspecified atom stereocenters. The molecule has 1 heterocycles. The van der Waals surface area contributed by atoms with Gasteiger partial charge >= 0.3 is 0 Å². The highest BCUT2D eigenvalue weighted by atomic mass is 15.1. The first-order valence-electron chi connectivity index (χ1n) is 6.37. The van der Waals surface area contributed by atoms with Gasteiger partial charge in [-0.3, -0.25) is 4.57 Å². The maximum absolute atomic E-state index is 6.12. The minimum Gasteiger partial charge on any atom is -0.397 e. The number of imidazole rings is 1. The van der Waals surface area contributed by atoms with Gasteiger partial charge in [0.15, 0.2) is 0 Å². The summed E-state index contributed by atoms with van der Waals surface area (Å²) >= 11 is 0. The molecule has 0 atom stereocenters. The molecular formula is C16H17N3. The van der Waals surface area contributed by atoms with Gasteiger partial charge in [-0.15, -0.1) is 0 Å². The molecule has 0 bridgehead atoms. The van der Waals surface area contributed by atoms with E-state index in [1.54, 1.807) is 0 Å². The first kappa shape index (κ1) is 11.8. The largest absolute Gasteiger partial charge is 0.397 e. The summed E-state index contributed by atoms with van der Waals surface area (Å²) in [6.45, 7) is 6.29. The Bertz CT molecular complexity index is 749. The van der Waals surface area contributed by atoms with Gasteiger partial charge < -0.3 is 5.73 Å². The van der Waals surface area contributed by atoms with Crippen LogP contribution in [0, 0.1) is 20.8 Å². The predicted molar refractivity (Wildman–Crippen MR) is 79.7 cm³/mol. The summed E-state index contributed by atoms with van der Waals surface area (Å²) in [5.41, 5.74) is 13.7. The Morgan fingerprint density at radius 2 is 1.74 bits per heavy atom. The molecule has 0 aliphatic heterocycles. The van der Waals surface area contributed by atoms with E-state index in [1.807, 2.05) is 18.5 Å². The van der Waals surface area contributed by atoms with Crippen LogP contribution in [0.15, 0.2) is 36.7 Å². The summed E-state index contributed by atoms with van der Waals surface area (Å²) in [5.74, 6) is 0. The Hall–Kier alpha value is -2.29. The van der Waals surface area contributed by atoms with Crippen LogP contribution in [0.1, 0.15) is 16.7 Å². The highest BCUT2D eigenvalue weighted by Gasteiger charge is 2.10. The Kier molecular flexibility index (Phi) is 2.56. The molecule has 2 aromatic carbocycles. The van der Waals surface area contributed by atoms with Crippen molar-refractivity contribution < 1.29 is 0 Å². The lowest BCUT2D eigenvalue weighted by atomic mass is 10.1. The molecule has 3 nitrogen and oxygen atoms in total. The lowest BCUT2D eigenvalue weighted by Crippen LogP contribution is -2.01. The van der Waals surface area contributed by atoms with Crippen molar-refractivity contribution in [1.29, 1.82) is 0 Å². The second-order valence-electron chi connectivity index (χ2n) is 5.05. The fourth-order valence-corrected chi connectivity index (χ4v) is 2.45. The summed E-state index contributed by atoms with van der Waals surface area (Å²) in [6.07, 6.45) is 1.85. The zero-order chi connectivity index (χ0) is 13.6. The number of hydrogen-bond donors (Lipinski definition) is 1. The van der Waals surface area contributed by atoms with Crippen molar-refractivity contribution in [1.82, 2.24) is 9.55 Å². The van der Waals surface area contributed by atoms with E-state index in [1.165, 1.54) is 11.1 Å². The molecule has 0 fully saturated rings. The normalized spacial score (nSPS) is 11.1. The number of benzene rings is 2. The van der Waals surface area contributed by atoms with Crippen LogP contribution in [0.3, 0.4) is 0 Å². The van der Waals surface area contributed by atoms with Crippen LogP contribution in [-0.4, -0.2) is 9.55 Å². The average molecular weight is 251 g/mol. The molecule has 1 aromatic heterocycles. The van der Waals surface area contributed by atoms with Gasteiger partial charge in [0.25, 0.3) is 0 Å². The monoisotopic (exact) mass is 251 g/mol. The Labute approximate surface area is 112 Å². The van der Waals surface area contributed by atoms with E-state index in [9.17, 15) is 0 Å². The fraction of sp³-hybridized carbons (Fsp3) is 0.188. The van der Waals surface area contributed by atoms with Crippen LogP contribution in [0.25, 0.3) is 16.7 Å². The molecule has 3 rings (SSSR count). The molecule has 0 amide bonds. The van der Waals surface area contributed by atoms with Crippen LogP contribution in [-0.2, 0) is 0 Å². The van der Waals surface area contributed by atoms with Crippen LogP contribution in [0.2, 0.25) is 0 Å². The maximum Gasteiger partial charge on any atom is 0.100 e. The van der Waals surface area contributed by atoms with E-state index in [2.05, 4.69) is 48.5 Å². The van der Waals surface area contributed by atoms with E-state index in [-0.39, 0.29) is 0 Å². The van der Waals surface area contributed by atoms with Gasteiger partial charge in [-0.1, -0.05) is 12.1 Å². The van der Waals surface area contributed by atoms with Gasteiger partial charge in [-0.05, 0) is 55.7 Å². The van der Waals surface area contributed by atoms with Gasteiger partial charge in [0, 0.05) is 0 Å². The van der Waals surface area contributed by atoms with E-state index < -0.39 is 0 Å². The number of nitrogen functional groups attached to an aromatic ring is 1. The van der Waals surface area contributed by atoms with Gasteiger partial charge in [0.2, 0.25) is 0 Å². The van der Waals surface area contributed by atoms with E-state index in [0.29, 0.717) is 0 Å². The Morgan fingerprint density at radius 1 is 1.00 bits per heavy atom. The number of aromatic nitrogens is 2. The summed E-state index contributed by atoms with van der Waals surface area (Å²) in [6, 6.07) is 10.3. The lowest BCUT2D eigenvalue weighted by molar-refractivity contribution is 1.08. The molecule has 0 saturated carbocycles. The van der Waals surface area contributed by atoms with Crippen LogP contribution in [0.5, 0.6) is 0 Å². The standard InChI is InChI=1S/C16H17N3/c1-10-5-4-6-13(17)16(10)19-9-18-14-7-11(2)12(3)8-15(14)19/h4-9H,17H2,1-3H3. The summed E-state index contributed by atoms with van der Waals surface area (Å²) in [7, 11) is 0. The molecular weight excluding hydrogens is 234 g/mol. The minimum absolute atomic E-state index is 0.775. The minimum atomic E-state index is 0.775. The third-order valence-electron chi connectivity index (χ3n) is 3.67. The number of aryl methyl sites for hydroxylation is 3. The highest BCUT2D eigenvalue weighted by molar-refractivity contribution is 5.81. The smallest absolute Gasteiger partial charge is 0.100 e. The summed E-state index contributed by atoms with van der Waals surface area (Å²) in [5, 5.41) is 0. The predicted octanol–water partition coefficient (Wildman–Crippen LogP) is 3.53.